The standard InChI is InChI=1S/C9H15AsO9/c11-7(12)1-4-17-10(18-5-2-8(13)14)19-6-3-9(15)16/h1-6H2,(H,11,12)(H,13,14)(H,15,16). The fourth-order valence-corrected chi connectivity index (χ4v) is 2.72. The third-order valence-electron chi connectivity index (χ3n) is 1.54. The molecular weight excluding hydrogens is 327 g/mol. The molecular formula is C9H15AsO9. The van der Waals surface area contributed by atoms with E-state index in [2.05, 4.69) is 0 Å². The van der Waals surface area contributed by atoms with Gasteiger partial charge in [0.15, 0.2) is 0 Å². The Hall–Kier alpha value is -1.15. The summed E-state index contributed by atoms with van der Waals surface area (Å²) in [5, 5.41) is 25.3. The summed E-state index contributed by atoms with van der Waals surface area (Å²) >= 11 is -2.77. The van der Waals surface area contributed by atoms with Gasteiger partial charge in [-0.15, -0.1) is 0 Å². The number of carboxylic acids is 3. The van der Waals surface area contributed by atoms with E-state index in [1.807, 2.05) is 0 Å². The second kappa shape index (κ2) is 10.7. The molecule has 0 saturated carbocycles. The van der Waals surface area contributed by atoms with Gasteiger partial charge in [-0.2, -0.15) is 0 Å². The molecule has 0 amide bonds. The van der Waals surface area contributed by atoms with Crippen molar-refractivity contribution in [3.8, 4) is 0 Å². The summed E-state index contributed by atoms with van der Waals surface area (Å²) in [6, 6.07) is 0. The third-order valence-corrected chi connectivity index (χ3v) is 4.01. The van der Waals surface area contributed by atoms with E-state index < -0.39 is 33.6 Å². The van der Waals surface area contributed by atoms with Crippen LogP contribution in [0.4, 0.5) is 0 Å². The summed E-state index contributed by atoms with van der Waals surface area (Å²) in [6.07, 6.45) is -0.721. The fraction of sp³-hybridized carbons (Fsp3) is 0.667. The van der Waals surface area contributed by atoms with Crippen LogP contribution in [0.15, 0.2) is 0 Å². The van der Waals surface area contributed by atoms with Crippen LogP contribution >= 0.6 is 0 Å². The summed E-state index contributed by atoms with van der Waals surface area (Å²) in [5.41, 5.74) is 0. The Balaban J connectivity index is 3.94. The van der Waals surface area contributed by atoms with Crippen LogP contribution in [0.3, 0.4) is 0 Å². The minimum atomic E-state index is -2.77. The molecule has 0 aromatic carbocycles. The Morgan fingerprint density at radius 1 is 0.684 bits per heavy atom. The third kappa shape index (κ3) is 13.1. The van der Waals surface area contributed by atoms with Crippen LogP contribution in [0.1, 0.15) is 19.3 Å². The van der Waals surface area contributed by atoms with E-state index in [9.17, 15) is 14.4 Å². The molecule has 0 heterocycles. The Kier molecular flexibility index (Phi) is 10.1. The normalized spacial score (nSPS) is 10.6. The van der Waals surface area contributed by atoms with Crippen molar-refractivity contribution in [3.63, 3.8) is 0 Å². The average molecular weight is 342 g/mol. The second-order valence-electron chi connectivity index (χ2n) is 3.15. The zero-order chi connectivity index (χ0) is 14.7. The van der Waals surface area contributed by atoms with Crippen molar-refractivity contribution in [2.75, 3.05) is 19.8 Å². The molecule has 9 nitrogen and oxygen atoms in total. The van der Waals surface area contributed by atoms with Gasteiger partial charge < -0.3 is 0 Å². The van der Waals surface area contributed by atoms with Gasteiger partial charge in [0.1, 0.15) is 0 Å². The molecule has 0 unspecified atom stereocenters. The van der Waals surface area contributed by atoms with Crippen molar-refractivity contribution < 1.29 is 40.9 Å². The second-order valence-corrected chi connectivity index (χ2v) is 5.72. The molecule has 0 fully saturated rings. The van der Waals surface area contributed by atoms with Crippen LogP contribution in [0.5, 0.6) is 0 Å². The van der Waals surface area contributed by atoms with E-state index in [1.165, 1.54) is 0 Å². The Bertz CT molecular complexity index is 259. The molecule has 0 aromatic heterocycles. The van der Waals surface area contributed by atoms with E-state index in [1.54, 1.807) is 0 Å². The van der Waals surface area contributed by atoms with Crippen LogP contribution in [0.25, 0.3) is 0 Å². The summed E-state index contributed by atoms with van der Waals surface area (Å²) in [7, 11) is 0. The molecule has 0 radical (unpaired) electrons. The van der Waals surface area contributed by atoms with Gasteiger partial charge in [0.05, 0.1) is 0 Å². The van der Waals surface area contributed by atoms with Gasteiger partial charge in [0, 0.05) is 0 Å². The summed E-state index contributed by atoms with van der Waals surface area (Å²) < 4.78 is 15.2. The number of hydrogen-bond donors (Lipinski definition) is 3. The van der Waals surface area contributed by atoms with Crippen molar-refractivity contribution in [1.82, 2.24) is 0 Å². The van der Waals surface area contributed by atoms with Gasteiger partial charge >= 0.3 is 114 Å². The van der Waals surface area contributed by atoms with E-state index in [4.69, 9.17) is 26.5 Å². The minimum absolute atomic E-state index is 0.129. The SMILES string of the molecule is O=C(O)CCO[As](OCCC(=O)O)OCCC(=O)O. The number of aliphatic carboxylic acids is 3. The first kappa shape index (κ1) is 17.8. The number of rotatable bonds is 12. The van der Waals surface area contributed by atoms with E-state index >= 15 is 0 Å². The topological polar surface area (TPSA) is 140 Å². The predicted molar refractivity (Wildman–Crippen MR) is 60.4 cm³/mol. The molecule has 0 aliphatic carbocycles. The molecule has 0 spiro atoms. The molecule has 0 aliphatic heterocycles. The molecule has 0 rings (SSSR count). The van der Waals surface area contributed by atoms with E-state index in [-0.39, 0.29) is 39.1 Å². The first-order valence-corrected chi connectivity index (χ1v) is 7.56. The van der Waals surface area contributed by atoms with Crippen LogP contribution in [-0.2, 0) is 25.6 Å². The van der Waals surface area contributed by atoms with Crippen molar-refractivity contribution in [2.24, 2.45) is 0 Å². The van der Waals surface area contributed by atoms with Crippen molar-refractivity contribution >= 4 is 33.6 Å². The van der Waals surface area contributed by atoms with Crippen LogP contribution in [0.2, 0.25) is 0 Å². The fourth-order valence-electron chi connectivity index (χ4n) is 0.734. The maximum absolute atomic E-state index is 10.3. The molecule has 10 heteroatoms. The van der Waals surface area contributed by atoms with Gasteiger partial charge in [-0.1, -0.05) is 0 Å². The van der Waals surface area contributed by atoms with Gasteiger partial charge in [-0.25, -0.2) is 0 Å². The molecule has 0 saturated heterocycles. The van der Waals surface area contributed by atoms with Crippen molar-refractivity contribution in [1.29, 1.82) is 0 Å². The summed E-state index contributed by atoms with van der Waals surface area (Å²) in [4.78, 5) is 30.9. The predicted octanol–water partition coefficient (Wildman–Crippen LogP) is -0.555. The van der Waals surface area contributed by atoms with Gasteiger partial charge in [-0.3, -0.25) is 0 Å². The van der Waals surface area contributed by atoms with E-state index in [0.717, 1.165) is 0 Å². The van der Waals surface area contributed by atoms with Gasteiger partial charge in [0.25, 0.3) is 0 Å². The summed E-state index contributed by atoms with van der Waals surface area (Å²) in [6.45, 7) is -0.388. The van der Waals surface area contributed by atoms with Crippen LogP contribution < -0.4 is 0 Å². The molecule has 110 valence electrons. The molecule has 0 aliphatic rings. The first-order valence-electron chi connectivity index (χ1n) is 5.26. The first-order chi connectivity index (χ1) is 8.91. The molecule has 19 heavy (non-hydrogen) atoms. The number of hydrogen-bond acceptors (Lipinski definition) is 6. The molecule has 3 N–H and O–H groups in total. The van der Waals surface area contributed by atoms with Crippen molar-refractivity contribution in [2.45, 2.75) is 19.3 Å². The zero-order valence-electron chi connectivity index (χ0n) is 9.98. The van der Waals surface area contributed by atoms with Gasteiger partial charge in [-0.05, 0) is 0 Å². The monoisotopic (exact) mass is 342 g/mol. The Morgan fingerprint density at radius 3 is 1.16 bits per heavy atom. The maximum atomic E-state index is 10.3. The number of carboxylic acid groups (broad SMARTS) is 3. The van der Waals surface area contributed by atoms with Crippen molar-refractivity contribution in [3.05, 3.63) is 0 Å². The van der Waals surface area contributed by atoms with E-state index in [0.29, 0.717) is 0 Å². The zero-order valence-corrected chi connectivity index (χ0v) is 11.9. The molecule has 0 atom stereocenters. The van der Waals surface area contributed by atoms with Crippen LogP contribution in [0, 0.1) is 0 Å². The Labute approximate surface area is 114 Å². The quantitative estimate of drug-likeness (QED) is 0.398. The molecule has 0 bridgehead atoms. The van der Waals surface area contributed by atoms with Crippen LogP contribution in [-0.4, -0.2) is 68.7 Å². The summed E-state index contributed by atoms with van der Waals surface area (Å²) in [5.74, 6) is -3.15. The molecule has 0 aromatic rings. The number of carbonyl (C=O) groups is 3. The van der Waals surface area contributed by atoms with Gasteiger partial charge in [0.2, 0.25) is 0 Å². The average Bonchev–Trinajstić information content (AvgIpc) is 2.26. The Morgan fingerprint density at radius 2 is 0.947 bits per heavy atom.